The van der Waals surface area contributed by atoms with Crippen molar-refractivity contribution in [3.8, 4) is 0 Å². The Balaban J connectivity index is 1.51. The van der Waals surface area contributed by atoms with Crippen LogP contribution in [0.1, 0.15) is 31.2 Å². The van der Waals surface area contributed by atoms with Crippen LogP contribution < -0.4 is 16.9 Å². The molecule has 2 saturated heterocycles. The number of carbonyl (C=O) groups is 2. The fraction of sp³-hybridized carbons (Fsp3) is 0.571. The molecule has 3 atom stereocenters. The van der Waals surface area contributed by atoms with Crippen molar-refractivity contribution in [2.45, 2.75) is 44.2 Å². The molecule has 1 aromatic carbocycles. The van der Waals surface area contributed by atoms with Crippen LogP contribution in [0.3, 0.4) is 0 Å². The van der Waals surface area contributed by atoms with Gasteiger partial charge in [-0.3, -0.25) is 9.59 Å². The van der Waals surface area contributed by atoms with Gasteiger partial charge in [0.25, 0.3) is 0 Å². The predicted molar refractivity (Wildman–Crippen MR) is 113 cm³/mol. The van der Waals surface area contributed by atoms with Gasteiger partial charge < -0.3 is 26.7 Å². The van der Waals surface area contributed by atoms with Gasteiger partial charge in [0.1, 0.15) is 12.4 Å². The zero-order valence-electron chi connectivity index (χ0n) is 16.9. The van der Waals surface area contributed by atoms with Crippen LogP contribution >= 0.6 is 0 Å². The molecule has 0 aliphatic carbocycles. The van der Waals surface area contributed by atoms with E-state index < -0.39 is 12.1 Å². The van der Waals surface area contributed by atoms with Gasteiger partial charge >= 0.3 is 0 Å². The third kappa shape index (κ3) is 5.69. The Morgan fingerprint density at radius 3 is 2.72 bits per heavy atom. The zero-order valence-corrected chi connectivity index (χ0v) is 16.9. The minimum Gasteiger partial charge on any atom is -0.361 e. The van der Waals surface area contributed by atoms with E-state index in [0.717, 1.165) is 37.9 Å². The highest BCUT2D eigenvalue weighted by Gasteiger charge is 2.36. The summed E-state index contributed by atoms with van der Waals surface area (Å²) in [5, 5.41) is 6.64. The first-order chi connectivity index (χ1) is 14.1. The molecule has 0 spiro atoms. The quantitative estimate of drug-likeness (QED) is 0.263. The number of nitrogens with zero attached hydrogens (tertiary/aromatic N) is 3. The minimum absolute atomic E-state index is 0.0765. The van der Waals surface area contributed by atoms with E-state index in [4.69, 9.17) is 11.6 Å². The van der Waals surface area contributed by atoms with Crippen molar-refractivity contribution in [1.29, 1.82) is 0 Å². The highest BCUT2D eigenvalue weighted by Crippen LogP contribution is 2.20. The number of benzene rings is 1. The van der Waals surface area contributed by atoms with E-state index in [1.165, 1.54) is 0 Å². The molecule has 29 heavy (non-hydrogen) atoms. The fourth-order valence-corrected chi connectivity index (χ4v) is 4.30. The number of hydrazone groups is 1. The molecule has 1 unspecified atom stereocenters. The van der Waals surface area contributed by atoms with Crippen molar-refractivity contribution in [3.05, 3.63) is 35.9 Å². The van der Waals surface area contributed by atoms with Gasteiger partial charge in [-0.2, -0.15) is 5.10 Å². The summed E-state index contributed by atoms with van der Waals surface area (Å²) in [6.45, 7) is 2.96. The summed E-state index contributed by atoms with van der Waals surface area (Å²) in [5.41, 5.74) is 7.20. The summed E-state index contributed by atoms with van der Waals surface area (Å²) < 4.78 is 0. The number of nitrogens with one attached hydrogen (secondary N) is 1. The van der Waals surface area contributed by atoms with Crippen LogP contribution in [0.4, 0.5) is 0 Å². The number of hydrogen-bond acceptors (Lipinski definition) is 5. The summed E-state index contributed by atoms with van der Waals surface area (Å²) in [6.07, 6.45) is 5.75. The van der Waals surface area contributed by atoms with E-state index in [0.29, 0.717) is 31.8 Å². The van der Waals surface area contributed by atoms with Crippen molar-refractivity contribution in [2.75, 3.05) is 26.2 Å². The number of rotatable bonds is 7. The molecule has 2 aliphatic rings. The lowest BCUT2D eigenvalue weighted by Gasteiger charge is -2.32. The zero-order chi connectivity index (χ0) is 20.6. The van der Waals surface area contributed by atoms with Crippen LogP contribution in [0.25, 0.3) is 0 Å². The summed E-state index contributed by atoms with van der Waals surface area (Å²) >= 11 is 0. The molecule has 2 aliphatic heterocycles. The Bertz CT molecular complexity index is 710. The molecule has 1 aromatic rings. The minimum atomic E-state index is -0.631. The van der Waals surface area contributed by atoms with Crippen molar-refractivity contribution in [2.24, 2.45) is 22.6 Å². The van der Waals surface area contributed by atoms with Crippen LogP contribution in [0.15, 0.2) is 35.4 Å². The van der Waals surface area contributed by atoms with Gasteiger partial charge in [0.05, 0.1) is 6.04 Å². The standard InChI is InChI=1S/C21H32N6O2/c22-18(12-16-6-2-1-3-7-16)21(29)27-11-5-9-19(27)20(28)24-13-17-8-4-10-26(14-17)15-25-23/h1-3,6-7,15,17-19H,4-5,8-14,22-23H2,(H,24,28)/t17?,18-,19+/m1/s1. The third-order valence-corrected chi connectivity index (χ3v) is 5.80. The highest BCUT2D eigenvalue weighted by atomic mass is 16.2. The van der Waals surface area contributed by atoms with E-state index in [1.807, 2.05) is 30.3 Å². The number of hydrogen-bond donors (Lipinski definition) is 3. The van der Waals surface area contributed by atoms with Gasteiger partial charge in [0.2, 0.25) is 11.8 Å². The van der Waals surface area contributed by atoms with Crippen molar-refractivity contribution in [3.63, 3.8) is 0 Å². The Morgan fingerprint density at radius 1 is 1.21 bits per heavy atom. The first-order valence-corrected chi connectivity index (χ1v) is 10.4. The summed E-state index contributed by atoms with van der Waals surface area (Å²) in [7, 11) is 0. The van der Waals surface area contributed by atoms with Gasteiger partial charge in [0.15, 0.2) is 0 Å². The first kappa shape index (κ1) is 21.1. The average Bonchev–Trinajstić information content (AvgIpc) is 3.22. The van der Waals surface area contributed by atoms with E-state index in [-0.39, 0.29) is 11.8 Å². The molecule has 158 valence electrons. The maximum absolute atomic E-state index is 12.9. The second-order valence-electron chi connectivity index (χ2n) is 8.00. The number of piperidine rings is 1. The molecule has 0 radical (unpaired) electrons. The lowest BCUT2D eigenvalue weighted by molar-refractivity contribution is -0.139. The molecule has 0 aromatic heterocycles. The number of nitrogens with two attached hydrogens (primary N) is 2. The maximum atomic E-state index is 12.9. The topological polar surface area (TPSA) is 117 Å². The Hall–Kier alpha value is -2.61. The van der Waals surface area contributed by atoms with Crippen molar-refractivity contribution < 1.29 is 9.59 Å². The molecule has 8 heteroatoms. The second-order valence-corrected chi connectivity index (χ2v) is 8.00. The van der Waals surface area contributed by atoms with Gasteiger partial charge in [0, 0.05) is 26.2 Å². The van der Waals surface area contributed by atoms with Gasteiger partial charge in [-0.15, -0.1) is 0 Å². The monoisotopic (exact) mass is 400 g/mol. The molecule has 5 N–H and O–H groups in total. The van der Waals surface area contributed by atoms with Gasteiger partial charge in [-0.05, 0) is 43.6 Å². The maximum Gasteiger partial charge on any atom is 0.242 e. The van der Waals surface area contributed by atoms with Gasteiger partial charge in [-0.1, -0.05) is 30.3 Å². The van der Waals surface area contributed by atoms with Gasteiger partial charge in [-0.25, -0.2) is 0 Å². The fourth-order valence-electron chi connectivity index (χ4n) is 4.30. The van der Waals surface area contributed by atoms with Crippen LogP contribution in [-0.2, 0) is 16.0 Å². The molecule has 2 fully saturated rings. The van der Waals surface area contributed by atoms with Crippen molar-refractivity contribution >= 4 is 18.2 Å². The largest absolute Gasteiger partial charge is 0.361 e. The highest BCUT2D eigenvalue weighted by molar-refractivity contribution is 5.90. The van der Waals surface area contributed by atoms with Crippen LogP contribution in [0.2, 0.25) is 0 Å². The average molecular weight is 401 g/mol. The molecule has 8 nitrogen and oxygen atoms in total. The molecule has 0 saturated carbocycles. The number of likely N-dealkylation sites (tertiary alicyclic amines) is 2. The summed E-state index contributed by atoms with van der Waals surface area (Å²) in [5.74, 6) is 5.37. The predicted octanol–water partition coefficient (Wildman–Crippen LogP) is 0.278. The smallest absolute Gasteiger partial charge is 0.242 e. The molecule has 0 bridgehead atoms. The molecular formula is C21H32N6O2. The van der Waals surface area contributed by atoms with Crippen LogP contribution in [0, 0.1) is 5.92 Å². The molecule has 2 amide bonds. The summed E-state index contributed by atoms with van der Waals surface area (Å²) in [6, 6.07) is 8.68. The first-order valence-electron chi connectivity index (χ1n) is 10.4. The van der Waals surface area contributed by atoms with Crippen LogP contribution in [0.5, 0.6) is 0 Å². The van der Waals surface area contributed by atoms with E-state index in [2.05, 4.69) is 15.3 Å². The van der Waals surface area contributed by atoms with E-state index in [9.17, 15) is 9.59 Å². The van der Waals surface area contributed by atoms with Crippen LogP contribution in [-0.4, -0.2) is 66.2 Å². The van der Waals surface area contributed by atoms with E-state index in [1.54, 1.807) is 11.2 Å². The Labute approximate surface area is 172 Å². The molecule has 2 heterocycles. The lowest BCUT2D eigenvalue weighted by Crippen LogP contribution is -2.52. The third-order valence-electron chi connectivity index (χ3n) is 5.80. The summed E-state index contributed by atoms with van der Waals surface area (Å²) in [4.78, 5) is 29.4. The number of amides is 2. The number of carbonyl (C=O) groups excluding carboxylic acids is 2. The lowest BCUT2D eigenvalue weighted by atomic mass is 9.98. The molecular weight excluding hydrogens is 368 g/mol. The van der Waals surface area contributed by atoms with E-state index >= 15 is 0 Å². The second kappa shape index (κ2) is 10.2. The normalized spacial score (nSPS) is 23.3. The molecule has 3 rings (SSSR count). The Kier molecular flexibility index (Phi) is 7.46. The van der Waals surface area contributed by atoms with Crippen molar-refractivity contribution in [1.82, 2.24) is 15.1 Å². The Morgan fingerprint density at radius 2 is 1.97 bits per heavy atom. The SMILES string of the molecule is NN=CN1CCCC(CNC(=O)[C@@H]2CCCN2C(=O)[C@H](N)Cc2ccccc2)C1.